The first-order chi connectivity index (χ1) is 13.6. The second kappa shape index (κ2) is 7.60. The van der Waals surface area contributed by atoms with Gasteiger partial charge in [0, 0.05) is 17.3 Å². The Balaban J connectivity index is 1.47. The Hall–Kier alpha value is -2.92. The Labute approximate surface area is 163 Å². The second-order valence-electron chi connectivity index (χ2n) is 7.52. The predicted molar refractivity (Wildman–Crippen MR) is 103 cm³/mol. The van der Waals surface area contributed by atoms with E-state index < -0.39 is 23.5 Å². The first-order valence-electron chi connectivity index (χ1n) is 9.40. The molecule has 0 radical (unpaired) electrons. The van der Waals surface area contributed by atoms with E-state index in [1.54, 1.807) is 48.5 Å². The fourth-order valence-corrected chi connectivity index (χ4v) is 4.20. The Morgan fingerprint density at radius 1 is 0.857 bits per heavy atom. The van der Waals surface area contributed by atoms with Crippen molar-refractivity contribution in [2.75, 3.05) is 13.2 Å². The maximum atomic E-state index is 12.4. The quantitative estimate of drug-likeness (QED) is 0.617. The van der Waals surface area contributed by atoms with Crippen LogP contribution in [0.25, 0.3) is 0 Å². The number of rotatable bonds is 6. The third kappa shape index (κ3) is 3.45. The zero-order valence-electron chi connectivity index (χ0n) is 15.4. The summed E-state index contributed by atoms with van der Waals surface area (Å²) in [5, 5.41) is 10.5. The summed E-state index contributed by atoms with van der Waals surface area (Å²) in [4.78, 5) is 24.8. The molecule has 0 unspecified atom stereocenters. The minimum Gasteiger partial charge on any atom is -0.461 e. The molecule has 2 aromatic rings. The van der Waals surface area contributed by atoms with Gasteiger partial charge < -0.3 is 14.6 Å². The topological polar surface area (TPSA) is 72.8 Å². The number of aliphatic hydroxyl groups is 1. The lowest BCUT2D eigenvalue weighted by atomic mass is 9.77. The van der Waals surface area contributed by atoms with Crippen LogP contribution < -0.4 is 0 Å². The summed E-state index contributed by atoms with van der Waals surface area (Å²) < 4.78 is 11.2. The van der Waals surface area contributed by atoms with Gasteiger partial charge in [-0.25, -0.2) is 9.59 Å². The van der Waals surface area contributed by atoms with Gasteiger partial charge in [0.05, 0.1) is 17.2 Å². The molecule has 5 nitrogen and oxygen atoms in total. The Morgan fingerprint density at radius 2 is 1.36 bits per heavy atom. The lowest BCUT2D eigenvalue weighted by Crippen LogP contribution is -2.39. The van der Waals surface area contributed by atoms with E-state index in [1.807, 2.05) is 24.3 Å². The molecular weight excluding hydrogens is 356 g/mol. The number of carbonyl (C=O) groups excluding carboxylic acids is 2. The smallest absolute Gasteiger partial charge is 0.338 e. The Bertz CT molecular complexity index is 819. The maximum absolute atomic E-state index is 12.4. The molecule has 0 spiro atoms. The lowest BCUT2D eigenvalue weighted by molar-refractivity contribution is -0.0236. The van der Waals surface area contributed by atoms with Crippen molar-refractivity contribution in [3.05, 3.63) is 83.9 Å². The number of fused-ring (bicyclic) bond motifs is 2. The van der Waals surface area contributed by atoms with E-state index >= 15 is 0 Å². The third-order valence-corrected chi connectivity index (χ3v) is 5.72. The first kappa shape index (κ1) is 18.4. The van der Waals surface area contributed by atoms with Crippen molar-refractivity contribution in [3.63, 3.8) is 0 Å². The van der Waals surface area contributed by atoms with Crippen molar-refractivity contribution < 1.29 is 24.2 Å². The average molecular weight is 378 g/mol. The third-order valence-electron chi connectivity index (χ3n) is 5.72. The molecule has 1 N–H and O–H groups in total. The fourth-order valence-electron chi connectivity index (χ4n) is 4.20. The summed E-state index contributed by atoms with van der Waals surface area (Å²) >= 11 is 0. The molecule has 0 heterocycles. The van der Waals surface area contributed by atoms with Crippen molar-refractivity contribution in [1.29, 1.82) is 0 Å². The van der Waals surface area contributed by atoms with Crippen LogP contribution in [0.4, 0.5) is 0 Å². The molecule has 2 bridgehead atoms. The molecule has 0 aromatic heterocycles. The maximum Gasteiger partial charge on any atom is 0.338 e. The molecule has 28 heavy (non-hydrogen) atoms. The van der Waals surface area contributed by atoms with Crippen LogP contribution in [0.2, 0.25) is 0 Å². The number of hydrogen-bond acceptors (Lipinski definition) is 5. The Kier molecular flexibility index (Phi) is 5.01. The number of hydrogen-bond donors (Lipinski definition) is 1. The number of esters is 2. The highest BCUT2D eigenvalue weighted by molar-refractivity contribution is 5.89. The zero-order valence-corrected chi connectivity index (χ0v) is 15.4. The van der Waals surface area contributed by atoms with Gasteiger partial charge in [-0.3, -0.25) is 0 Å². The molecule has 2 aliphatic rings. The Morgan fingerprint density at radius 3 is 1.75 bits per heavy atom. The van der Waals surface area contributed by atoms with Crippen molar-refractivity contribution >= 4 is 11.9 Å². The average Bonchev–Trinajstić information content (AvgIpc) is 3.24. The zero-order chi connectivity index (χ0) is 19.6. The SMILES string of the molecule is O=C(OCC1(COC(=O)c2ccccc2)C[C@H]2C=C[C@@H]1[C@H]2O)c1ccccc1. The van der Waals surface area contributed by atoms with Crippen LogP contribution in [0, 0.1) is 17.3 Å². The van der Waals surface area contributed by atoms with E-state index in [9.17, 15) is 14.7 Å². The van der Waals surface area contributed by atoms with E-state index in [0.717, 1.165) is 0 Å². The van der Waals surface area contributed by atoms with Crippen LogP contribution in [-0.2, 0) is 9.47 Å². The van der Waals surface area contributed by atoms with E-state index in [1.165, 1.54) is 0 Å². The van der Waals surface area contributed by atoms with Crippen LogP contribution >= 0.6 is 0 Å². The molecule has 0 aliphatic heterocycles. The van der Waals surface area contributed by atoms with Gasteiger partial charge in [0.1, 0.15) is 13.2 Å². The van der Waals surface area contributed by atoms with Gasteiger partial charge in [-0.05, 0) is 30.7 Å². The molecule has 1 fully saturated rings. The molecule has 0 saturated heterocycles. The molecular formula is C23H22O5. The molecule has 5 heteroatoms. The van der Waals surface area contributed by atoms with E-state index in [-0.39, 0.29) is 25.0 Å². The normalized spacial score (nSPS) is 24.1. The minimum atomic E-state index is -0.617. The first-order valence-corrected chi connectivity index (χ1v) is 9.40. The van der Waals surface area contributed by atoms with Crippen LogP contribution in [-0.4, -0.2) is 36.4 Å². The standard InChI is InChI=1S/C23H22O5/c24-20-18-11-12-19(20)23(13-18,14-27-21(25)16-7-3-1-4-8-16)15-28-22(26)17-9-5-2-6-10-17/h1-12,18-20,24H,13-15H2/t18-,19-,20+/m1/s1. The van der Waals surface area contributed by atoms with E-state index in [0.29, 0.717) is 17.5 Å². The molecule has 144 valence electrons. The number of ether oxygens (including phenoxy) is 2. The van der Waals surface area contributed by atoms with Gasteiger partial charge in [-0.2, -0.15) is 0 Å². The molecule has 4 rings (SSSR count). The highest BCUT2D eigenvalue weighted by atomic mass is 16.5. The number of aliphatic hydroxyl groups excluding tert-OH is 1. The van der Waals surface area contributed by atoms with Crippen LogP contribution in [0.5, 0.6) is 0 Å². The number of benzene rings is 2. The van der Waals surface area contributed by atoms with E-state index in [2.05, 4.69) is 0 Å². The monoisotopic (exact) mass is 378 g/mol. The summed E-state index contributed by atoms with van der Waals surface area (Å²) in [6.07, 6.45) is 4.02. The van der Waals surface area contributed by atoms with Gasteiger partial charge in [-0.1, -0.05) is 48.6 Å². The van der Waals surface area contributed by atoms with Gasteiger partial charge in [-0.15, -0.1) is 0 Å². The molecule has 1 saturated carbocycles. The summed E-state index contributed by atoms with van der Waals surface area (Å²) in [7, 11) is 0. The lowest BCUT2D eigenvalue weighted by Gasteiger charge is -2.34. The molecule has 3 atom stereocenters. The highest BCUT2D eigenvalue weighted by Gasteiger charge is 2.55. The summed E-state index contributed by atoms with van der Waals surface area (Å²) in [6.45, 7) is 0.177. The highest BCUT2D eigenvalue weighted by Crippen LogP contribution is 2.52. The summed E-state index contributed by atoms with van der Waals surface area (Å²) in [6, 6.07) is 17.5. The van der Waals surface area contributed by atoms with Crippen molar-refractivity contribution in [3.8, 4) is 0 Å². The molecule has 0 amide bonds. The van der Waals surface area contributed by atoms with E-state index in [4.69, 9.17) is 9.47 Å². The fraction of sp³-hybridized carbons (Fsp3) is 0.304. The van der Waals surface area contributed by atoms with Crippen LogP contribution in [0.15, 0.2) is 72.8 Å². The van der Waals surface area contributed by atoms with Gasteiger partial charge in [0.2, 0.25) is 0 Å². The van der Waals surface area contributed by atoms with Crippen molar-refractivity contribution in [2.24, 2.45) is 17.3 Å². The summed E-state index contributed by atoms with van der Waals surface area (Å²) in [5.41, 5.74) is 0.324. The van der Waals surface area contributed by atoms with Crippen LogP contribution in [0.3, 0.4) is 0 Å². The van der Waals surface area contributed by atoms with Crippen molar-refractivity contribution in [1.82, 2.24) is 0 Å². The van der Waals surface area contributed by atoms with Gasteiger partial charge >= 0.3 is 11.9 Å². The van der Waals surface area contributed by atoms with Crippen LogP contribution in [0.1, 0.15) is 27.1 Å². The van der Waals surface area contributed by atoms with Crippen molar-refractivity contribution in [2.45, 2.75) is 12.5 Å². The molecule has 2 aliphatic carbocycles. The summed E-state index contributed by atoms with van der Waals surface area (Å²) in [5.74, 6) is -1.05. The molecule has 2 aromatic carbocycles. The van der Waals surface area contributed by atoms with Gasteiger partial charge in [0.15, 0.2) is 0 Å². The second-order valence-corrected chi connectivity index (χ2v) is 7.52. The largest absolute Gasteiger partial charge is 0.461 e. The van der Waals surface area contributed by atoms with Gasteiger partial charge in [0.25, 0.3) is 0 Å². The number of carbonyl (C=O) groups is 2. The minimum absolute atomic E-state index is 0.00384. The predicted octanol–water partition coefficient (Wildman–Crippen LogP) is 3.25.